The van der Waals surface area contributed by atoms with Crippen molar-refractivity contribution in [3.63, 3.8) is 0 Å². The lowest BCUT2D eigenvalue weighted by Gasteiger charge is -2.14. The summed E-state index contributed by atoms with van der Waals surface area (Å²) in [5, 5.41) is 11.4. The van der Waals surface area contributed by atoms with E-state index in [0.717, 1.165) is 11.3 Å². The molecule has 110 valence electrons. The van der Waals surface area contributed by atoms with Crippen LogP contribution >= 0.6 is 11.8 Å². The first-order chi connectivity index (χ1) is 9.56. The molecular formula is C14H19NO4S. The van der Waals surface area contributed by atoms with Crippen LogP contribution in [0.3, 0.4) is 0 Å². The van der Waals surface area contributed by atoms with Gasteiger partial charge in [0.25, 0.3) is 5.91 Å². The van der Waals surface area contributed by atoms with E-state index in [1.54, 1.807) is 17.8 Å². The number of thioether (sulfide) groups is 1. The van der Waals surface area contributed by atoms with Crippen molar-refractivity contribution >= 4 is 23.6 Å². The molecule has 20 heavy (non-hydrogen) atoms. The molecule has 1 aromatic rings. The summed E-state index contributed by atoms with van der Waals surface area (Å²) in [6.07, 6.45) is 1.34. The third kappa shape index (κ3) is 5.63. The van der Waals surface area contributed by atoms with Crippen LogP contribution in [0.15, 0.2) is 24.3 Å². The fourth-order valence-corrected chi connectivity index (χ4v) is 2.22. The number of carbonyl (C=O) groups is 2. The van der Waals surface area contributed by atoms with Gasteiger partial charge in [0.2, 0.25) is 0 Å². The van der Waals surface area contributed by atoms with Gasteiger partial charge in [0.1, 0.15) is 0 Å². The lowest BCUT2D eigenvalue weighted by atomic mass is 10.1. The van der Waals surface area contributed by atoms with E-state index in [4.69, 9.17) is 9.84 Å². The molecule has 0 aliphatic heterocycles. The first-order valence-electron chi connectivity index (χ1n) is 6.17. The molecule has 0 aromatic heterocycles. The Bertz CT molecular complexity index is 464. The van der Waals surface area contributed by atoms with Gasteiger partial charge in [-0.1, -0.05) is 12.1 Å². The number of hydrogen-bond donors (Lipinski definition) is 2. The molecule has 0 saturated carbocycles. The lowest BCUT2D eigenvalue weighted by molar-refractivity contribution is -0.139. The predicted molar refractivity (Wildman–Crippen MR) is 79.0 cm³/mol. The van der Waals surface area contributed by atoms with Crippen LogP contribution in [0.5, 0.6) is 0 Å². The van der Waals surface area contributed by atoms with E-state index < -0.39 is 12.1 Å². The topological polar surface area (TPSA) is 75.6 Å². The minimum Gasteiger partial charge on any atom is -0.481 e. The molecule has 1 amide bonds. The number of methoxy groups -OCH3 is 1. The van der Waals surface area contributed by atoms with Crippen molar-refractivity contribution in [1.82, 2.24) is 5.32 Å². The first kappa shape index (κ1) is 16.5. The Labute approximate surface area is 122 Å². The normalized spacial score (nSPS) is 11.9. The van der Waals surface area contributed by atoms with E-state index >= 15 is 0 Å². The monoisotopic (exact) mass is 297 g/mol. The maximum absolute atomic E-state index is 12.0. The number of nitrogens with one attached hydrogen (secondary N) is 1. The van der Waals surface area contributed by atoms with E-state index in [-0.39, 0.29) is 18.9 Å². The summed E-state index contributed by atoms with van der Waals surface area (Å²) in [6.45, 7) is 0.175. The molecular weight excluding hydrogens is 278 g/mol. The summed E-state index contributed by atoms with van der Waals surface area (Å²) in [6, 6.07) is 7.38. The van der Waals surface area contributed by atoms with Gasteiger partial charge in [-0.05, 0) is 24.0 Å². The average molecular weight is 297 g/mol. The van der Waals surface area contributed by atoms with Crippen molar-refractivity contribution in [2.75, 3.05) is 19.9 Å². The van der Waals surface area contributed by atoms with Gasteiger partial charge in [-0.15, -0.1) is 0 Å². The second kappa shape index (κ2) is 8.60. The lowest BCUT2D eigenvalue weighted by Crippen LogP contribution is -2.34. The van der Waals surface area contributed by atoms with E-state index in [1.807, 2.05) is 24.5 Å². The van der Waals surface area contributed by atoms with Crippen LogP contribution < -0.4 is 5.32 Å². The maximum atomic E-state index is 12.0. The summed E-state index contributed by atoms with van der Waals surface area (Å²) in [5.41, 5.74) is 1.65. The number of aliphatic carboxylic acids is 1. The Balaban J connectivity index is 2.57. The number of hydrogen-bond acceptors (Lipinski definition) is 4. The van der Waals surface area contributed by atoms with E-state index in [9.17, 15) is 9.59 Å². The maximum Gasteiger partial charge on any atom is 0.306 e. The van der Waals surface area contributed by atoms with Gasteiger partial charge >= 0.3 is 5.97 Å². The summed E-state index contributed by atoms with van der Waals surface area (Å²) in [7, 11) is 1.43. The standard InChI is InChI=1S/C14H19NO4S/c1-19-12(7-13(16)17)8-15-14(18)11-5-3-4-10(6-11)9-20-2/h3-6,12H,7-9H2,1-2H3,(H,15,18)(H,16,17). The number of amides is 1. The predicted octanol–water partition coefficient (Wildman–Crippen LogP) is 1.77. The van der Waals surface area contributed by atoms with Gasteiger partial charge in [0, 0.05) is 25.0 Å². The molecule has 1 unspecified atom stereocenters. The highest BCUT2D eigenvalue weighted by molar-refractivity contribution is 7.97. The highest BCUT2D eigenvalue weighted by Gasteiger charge is 2.14. The first-order valence-corrected chi connectivity index (χ1v) is 7.57. The second-order valence-electron chi connectivity index (χ2n) is 4.30. The number of carbonyl (C=O) groups excluding carboxylic acids is 1. The third-order valence-corrected chi connectivity index (χ3v) is 3.35. The van der Waals surface area contributed by atoms with Gasteiger partial charge < -0.3 is 15.2 Å². The van der Waals surface area contributed by atoms with Gasteiger partial charge in [-0.25, -0.2) is 0 Å². The largest absolute Gasteiger partial charge is 0.481 e. The van der Waals surface area contributed by atoms with Crippen LogP contribution in [-0.4, -0.2) is 43.0 Å². The molecule has 1 atom stereocenters. The number of ether oxygens (including phenoxy) is 1. The summed E-state index contributed by atoms with van der Waals surface area (Å²) < 4.78 is 5.01. The SMILES string of the molecule is COC(CNC(=O)c1cccc(CSC)c1)CC(=O)O. The molecule has 6 heteroatoms. The molecule has 1 aromatic carbocycles. The zero-order valence-electron chi connectivity index (χ0n) is 11.6. The molecule has 0 aliphatic carbocycles. The van der Waals surface area contributed by atoms with Crippen molar-refractivity contribution in [3.05, 3.63) is 35.4 Å². The number of carboxylic acid groups (broad SMARTS) is 1. The fourth-order valence-electron chi connectivity index (χ4n) is 1.71. The van der Waals surface area contributed by atoms with Crippen LogP contribution in [0, 0.1) is 0 Å². The number of carboxylic acids is 1. The van der Waals surface area contributed by atoms with Crippen molar-refractivity contribution in [2.24, 2.45) is 0 Å². The van der Waals surface area contributed by atoms with Crippen LogP contribution in [-0.2, 0) is 15.3 Å². The molecule has 0 aliphatic rings. The third-order valence-electron chi connectivity index (χ3n) is 2.73. The van der Waals surface area contributed by atoms with Crippen LogP contribution in [0.25, 0.3) is 0 Å². The second-order valence-corrected chi connectivity index (χ2v) is 5.17. The number of benzene rings is 1. The fraction of sp³-hybridized carbons (Fsp3) is 0.429. The Morgan fingerprint density at radius 2 is 2.20 bits per heavy atom. The summed E-state index contributed by atoms with van der Waals surface area (Å²) >= 11 is 1.69. The van der Waals surface area contributed by atoms with Crippen molar-refractivity contribution in [2.45, 2.75) is 18.3 Å². The zero-order valence-corrected chi connectivity index (χ0v) is 12.4. The van der Waals surface area contributed by atoms with Gasteiger partial charge in [0.05, 0.1) is 12.5 Å². The highest BCUT2D eigenvalue weighted by atomic mass is 32.2. The molecule has 0 saturated heterocycles. The Kier molecular flexibility index (Phi) is 7.11. The molecule has 0 heterocycles. The van der Waals surface area contributed by atoms with Crippen molar-refractivity contribution < 1.29 is 19.4 Å². The van der Waals surface area contributed by atoms with Gasteiger partial charge in [-0.3, -0.25) is 9.59 Å². The summed E-state index contributed by atoms with van der Waals surface area (Å²) in [4.78, 5) is 22.6. The molecule has 0 bridgehead atoms. The Morgan fingerprint density at radius 3 is 2.80 bits per heavy atom. The van der Waals surface area contributed by atoms with Crippen molar-refractivity contribution in [1.29, 1.82) is 0 Å². The highest BCUT2D eigenvalue weighted by Crippen LogP contribution is 2.11. The Hall–Kier alpha value is -1.53. The average Bonchev–Trinajstić information content (AvgIpc) is 2.43. The van der Waals surface area contributed by atoms with E-state index in [0.29, 0.717) is 5.56 Å². The zero-order chi connectivity index (χ0) is 15.0. The van der Waals surface area contributed by atoms with Crippen molar-refractivity contribution in [3.8, 4) is 0 Å². The molecule has 2 N–H and O–H groups in total. The van der Waals surface area contributed by atoms with E-state index in [2.05, 4.69) is 5.32 Å². The minimum atomic E-state index is -0.951. The molecule has 0 radical (unpaired) electrons. The van der Waals surface area contributed by atoms with Gasteiger partial charge in [-0.2, -0.15) is 11.8 Å². The number of rotatable bonds is 8. The van der Waals surface area contributed by atoms with Crippen LogP contribution in [0.4, 0.5) is 0 Å². The Morgan fingerprint density at radius 1 is 1.45 bits per heavy atom. The molecule has 1 rings (SSSR count). The summed E-state index contributed by atoms with van der Waals surface area (Å²) in [5.74, 6) is -0.325. The van der Waals surface area contributed by atoms with E-state index in [1.165, 1.54) is 7.11 Å². The molecule has 5 nitrogen and oxygen atoms in total. The van der Waals surface area contributed by atoms with Crippen LogP contribution in [0.1, 0.15) is 22.3 Å². The van der Waals surface area contributed by atoms with Gasteiger partial charge in [0.15, 0.2) is 0 Å². The smallest absolute Gasteiger partial charge is 0.306 e. The molecule has 0 spiro atoms. The van der Waals surface area contributed by atoms with Crippen LogP contribution in [0.2, 0.25) is 0 Å². The quantitative estimate of drug-likeness (QED) is 0.765. The minimum absolute atomic E-state index is 0.136. The molecule has 0 fully saturated rings.